The van der Waals surface area contributed by atoms with Crippen molar-refractivity contribution in [3.05, 3.63) is 163 Å². The van der Waals surface area contributed by atoms with Crippen molar-refractivity contribution in [2.75, 3.05) is 4.90 Å². The largest absolute Gasteiger partial charge is 0.456 e. The van der Waals surface area contributed by atoms with Crippen molar-refractivity contribution in [1.29, 1.82) is 0 Å². The summed E-state index contributed by atoms with van der Waals surface area (Å²) < 4.78 is 6.49. The van der Waals surface area contributed by atoms with E-state index in [1.54, 1.807) is 0 Å². The molecular weight excluding hydrogens is 595 g/mol. The third-order valence-corrected chi connectivity index (χ3v) is 11.6. The second kappa shape index (κ2) is 11.7. The van der Waals surface area contributed by atoms with E-state index in [-0.39, 0.29) is 5.41 Å². The summed E-state index contributed by atoms with van der Waals surface area (Å²) in [7, 11) is 0. The van der Waals surface area contributed by atoms with E-state index in [1.165, 1.54) is 57.5 Å². The van der Waals surface area contributed by atoms with Crippen LogP contribution >= 0.6 is 0 Å². The third-order valence-electron chi connectivity index (χ3n) is 11.6. The van der Waals surface area contributed by atoms with Crippen molar-refractivity contribution < 1.29 is 4.42 Å². The lowest BCUT2D eigenvalue weighted by molar-refractivity contribution is 0.224. The highest BCUT2D eigenvalue weighted by Gasteiger charge is 2.53. The number of para-hydroxylation sites is 2. The highest BCUT2D eigenvalue weighted by atomic mass is 16.3. The predicted molar refractivity (Wildman–Crippen MR) is 206 cm³/mol. The van der Waals surface area contributed by atoms with E-state index in [0.717, 1.165) is 46.2 Å². The number of allylic oxidation sites excluding steroid dienone is 1. The van der Waals surface area contributed by atoms with Crippen LogP contribution in [-0.2, 0) is 5.41 Å². The zero-order chi connectivity index (χ0) is 33.1. The van der Waals surface area contributed by atoms with Gasteiger partial charge in [-0.15, -0.1) is 0 Å². The number of benzene rings is 6. The second-order valence-electron chi connectivity index (χ2n) is 14.0. The smallest absolute Gasteiger partial charge is 0.137 e. The molecular formula is C47H41NO. The number of furan rings is 1. The molecule has 0 saturated heterocycles. The molecule has 2 heteroatoms. The van der Waals surface area contributed by atoms with Crippen molar-refractivity contribution in [3.63, 3.8) is 0 Å². The van der Waals surface area contributed by atoms with Gasteiger partial charge in [-0.2, -0.15) is 0 Å². The Labute approximate surface area is 289 Å². The molecule has 0 radical (unpaired) electrons. The van der Waals surface area contributed by atoms with E-state index in [4.69, 9.17) is 11.0 Å². The van der Waals surface area contributed by atoms with Crippen LogP contribution in [0, 0.1) is 11.8 Å². The maximum absolute atomic E-state index is 6.49. The monoisotopic (exact) mass is 635 g/mol. The molecule has 2 aliphatic rings. The standard InChI is InChI=1S/C47H41NO/c1-4-32-28-31(3)47(34(5-2)29-32)40-21-12-9-20-39(40)46-41(47)22-15-24-43(46)48(42-23-13-10-18-36(42)33-16-7-6-8-17-33)35-26-27-38-37-19-11-14-25-44(37)49-45(38)30-35/h6-27,30,32,34H,3-5,28-29H2,1-2H3. The third kappa shape index (κ3) is 4.40. The van der Waals surface area contributed by atoms with Gasteiger partial charge in [0.2, 0.25) is 0 Å². The summed E-state index contributed by atoms with van der Waals surface area (Å²) in [6.07, 6.45) is 4.63. The fraction of sp³-hybridized carbons (Fsp3) is 0.191. The van der Waals surface area contributed by atoms with Gasteiger partial charge in [-0.05, 0) is 77.3 Å². The van der Waals surface area contributed by atoms with E-state index >= 15 is 0 Å². The molecule has 0 bridgehead atoms. The molecule has 9 rings (SSSR count). The molecule has 0 aliphatic heterocycles. The van der Waals surface area contributed by atoms with Gasteiger partial charge in [-0.1, -0.05) is 142 Å². The fourth-order valence-electron chi connectivity index (χ4n) is 9.39. The van der Waals surface area contributed by atoms with Crippen LogP contribution in [0.1, 0.15) is 50.7 Å². The topological polar surface area (TPSA) is 16.4 Å². The molecule has 49 heavy (non-hydrogen) atoms. The quantitative estimate of drug-likeness (QED) is 0.169. The molecule has 1 heterocycles. The van der Waals surface area contributed by atoms with E-state index in [1.807, 2.05) is 6.07 Å². The lowest BCUT2D eigenvalue weighted by Crippen LogP contribution is -2.41. The van der Waals surface area contributed by atoms with Crippen LogP contribution in [0.25, 0.3) is 44.2 Å². The summed E-state index contributed by atoms with van der Waals surface area (Å²) >= 11 is 0. The first-order chi connectivity index (χ1) is 24.1. The molecule has 1 spiro atoms. The van der Waals surface area contributed by atoms with Crippen LogP contribution in [0.5, 0.6) is 0 Å². The maximum Gasteiger partial charge on any atom is 0.137 e. The lowest BCUT2D eigenvalue weighted by Gasteiger charge is -2.47. The molecule has 2 aliphatic carbocycles. The summed E-state index contributed by atoms with van der Waals surface area (Å²) in [5, 5.41) is 2.27. The van der Waals surface area contributed by atoms with Gasteiger partial charge in [0.1, 0.15) is 11.2 Å². The number of fused-ring (bicyclic) bond motifs is 8. The fourth-order valence-corrected chi connectivity index (χ4v) is 9.39. The summed E-state index contributed by atoms with van der Waals surface area (Å²) in [5.74, 6) is 1.18. The number of hydrogen-bond acceptors (Lipinski definition) is 2. The Morgan fingerprint density at radius 1 is 0.653 bits per heavy atom. The molecule has 1 fully saturated rings. The van der Waals surface area contributed by atoms with Crippen molar-refractivity contribution in [2.24, 2.45) is 11.8 Å². The SMILES string of the molecule is C=C1CC(CC)CC(CC)C12c1ccccc1-c1c(N(c3ccc4c(c3)oc3ccccc34)c3ccccc3-c3ccccc3)cccc12. The van der Waals surface area contributed by atoms with Gasteiger partial charge in [0.25, 0.3) is 0 Å². The average molecular weight is 636 g/mol. The van der Waals surface area contributed by atoms with Crippen molar-refractivity contribution in [2.45, 2.75) is 44.9 Å². The Morgan fingerprint density at radius 2 is 1.35 bits per heavy atom. The van der Waals surface area contributed by atoms with Crippen LogP contribution in [0.2, 0.25) is 0 Å². The van der Waals surface area contributed by atoms with E-state index in [0.29, 0.717) is 11.8 Å². The van der Waals surface area contributed by atoms with Gasteiger partial charge < -0.3 is 9.32 Å². The highest BCUT2D eigenvalue weighted by molar-refractivity contribution is 6.07. The Balaban J connectivity index is 1.34. The molecule has 240 valence electrons. The van der Waals surface area contributed by atoms with Crippen molar-refractivity contribution >= 4 is 39.0 Å². The van der Waals surface area contributed by atoms with Crippen LogP contribution in [-0.4, -0.2) is 0 Å². The van der Waals surface area contributed by atoms with Gasteiger partial charge in [0.15, 0.2) is 0 Å². The average Bonchev–Trinajstić information content (AvgIpc) is 3.67. The summed E-state index contributed by atoms with van der Waals surface area (Å²) in [6.45, 7) is 9.64. The molecule has 0 N–H and O–H groups in total. The van der Waals surface area contributed by atoms with E-state index < -0.39 is 0 Å². The van der Waals surface area contributed by atoms with Gasteiger partial charge >= 0.3 is 0 Å². The van der Waals surface area contributed by atoms with Crippen LogP contribution in [0.4, 0.5) is 17.1 Å². The van der Waals surface area contributed by atoms with Gasteiger partial charge in [0.05, 0.1) is 11.4 Å². The lowest BCUT2D eigenvalue weighted by atomic mass is 9.55. The normalized spacial score (nSPS) is 19.8. The van der Waals surface area contributed by atoms with E-state index in [9.17, 15) is 0 Å². The first-order valence-electron chi connectivity index (χ1n) is 17.9. The number of rotatable bonds is 6. The van der Waals surface area contributed by atoms with Gasteiger partial charge in [-0.25, -0.2) is 0 Å². The zero-order valence-corrected chi connectivity index (χ0v) is 28.3. The highest BCUT2D eigenvalue weighted by Crippen LogP contribution is 2.64. The summed E-state index contributed by atoms with van der Waals surface area (Å²) in [4.78, 5) is 2.48. The number of nitrogens with zero attached hydrogens (tertiary/aromatic N) is 1. The minimum absolute atomic E-state index is 0.199. The zero-order valence-electron chi connectivity index (χ0n) is 28.3. The second-order valence-corrected chi connectivity index (χ2v) is 14.0. The maximum atomic E-state index is 6.49. The summed E-state index contributed by atoms with van der Waals surface area (Å²) in [6, 6.07) is 50.8. The van der Waals surface area contributed by atoms with Crippen LogP contribution < -0.4 is 4.90 Å². The molecule has 1 aromatic heterocycles. The number of anilines is 3. The molecule has 2 nitrogen and oxygen atoms in total. The molecule has 0 amide bonds. The minimum Gasteiger partial charge on any atom is -0.456 e. The van der Waals surface area contributed by atoms with Crippen LogP contribution in [0.3, 0.4) is 0 Å². The first-order valence-corrected chi connectivity index (χ1v) is 17.9. The van der Waals surface area contributed by atoms with Crippen LogP contribution in [0.15, 0.2) is 156 Å². The van der Waals surface area contributed by atoms with Gasteiger partial charge in [0, 0.05) is 39.1 Å². The Bertz CT molecular complexity index is 2360. The first kappa shape index (κ1) is 29.8. The van der Waals surface area contributed by atoms with Crippen molar-refractivity contribution in [3.8, 4) is 22.3 Å². The number of hydrogen-bond donors (Lipinski definition) is 0. The van der Waals surface area contributed by atoms with E-state index in [2.05, 4.69) is 152 Å². The predicted octanol–water partition coefficient (Wildman–Crippen LogP) is 13.4. The summed E-state index contributed by atoms with van der Waals surface area (Å²) in [5.41, 5.74) is 14.2. The van der Waals surface area contributed by atoms with Gasteiger partial charge in [-0.3, -0.25) is 0 Å². The molecule has 3 unspecified atom stereocenters. The Hall–Kier alpha value is -5.34. The molecule has 7 aromatic rings. The Morgan fingerprint density at radius 3 is 2.18 bits per heavy atom. The molecule has 6 aromatic carbocycles. The Kier molecular flexibility index (Phi) is 7.09. The minimum atomic E-state index is -0.199. The van der Waals surface area contributed by atoms with Crippen molar-refractivity contribution in [1.82, 2.24) is 0 Å². The molecule has 3 atom stereocenters. The molecule has 1 saturated carbocycles.